The van der Waals surface area contributed by atoms with E-state index >= 15 is 0 Å². The lowest BCUT2D eigenvalue weighted by atomic mass is 9.84. The van der Waals surface area contributed by atoms with E-state index in [4.69, 9.17) is 0 Å². The predicted molar refractivity (Wildman–Crippen MR) is 130 cm³/mol. The van der Waals surface area contributed by atoms with Gasteiger partial charge in [0.1, 0.15) is 5.75 Å². The summed E-state index contributed by atoms with van der Waals surface area (Å²) in [5.74, 6) is 0.303. The van der Waals surface area contributed by atoms with E-state index in [0.717, 1.165) is 44.5 Å². The highest BCUT2D eigenvalue weighted by atomic mass is 16.3. The van der Waals surface area contributed by atoms with Crippen LogP contribution in [0.1, 0.15) is 0 Å². The zero-order valence-electron chi connectivity index (χ0n) is 17.1. The van der Waals surface area contributed by atoms with Gasteiger partial charge < -0.3 is 5.11 Å². The van der Waals surface area contributed by atoms with Crippen molar-refractivity contribution in [1.29, 1.82) is 0 Å². The van der Waals surface area contributed by atoms with Crippen molar-refractivity contribution >= 4 is 0 Å². The molecule has 0 saturated heterocycles. The molecule has 0 aliphatic carbocycles. The Labute approximate surface area is 182 Å². The van der Waals surface area contributed by atoms with Crippen LogP contribution in [-0.2, 0) is 0 Å². The number of phenolic OH excluding ortho intramolecular Hbond substituents is 1. The molecule has 0 aliphatic heterocycles. The Hall–Kier alpha value is -4.10. The molecule has 0 aliphatic rings. The van der Waals surface area contributed by atoms with Gasteiger partial charge in [-0.2, -0.15) is 0 Å². The first kappa shape index (κ1) is 18.9. The van der Waals surface area contributed by atoms with Crippen LogP contribution in [0.2, 0.25) is 0 Å². The highest BCUT2D eigenvalue weighted by Gasteiger charge is 2.21. The smallest absolute Gasteiger partial charge is 0.132 e. The molecule has 0 unspecified atom stereocenters. The molecule has 1 N–H and O–H groups in total. The first-order chi connectivity index (χ1) is 15.3. The van der Waals surface area contributed by atoms with Gasteiger partial charge in [-0.3, -0.25) is 0 Å². The zero-order chi connectivity index (χ0) is 21.0. The summed E-state index contributed by atoms with van der Waals surface area (Å²) in [5.41, 5.74) is 7.88. The van der Waals surface area contributed by atoms with Gasteiger partial charge in [-0.15, -0.1) is 0 Å². The average molecular weight is 399 g/mol. The first-order valence-corrected chi connectivity index (χ1v) is 10.4. The Morgan fingerprint density at radius 3 is 0.968 bits per heavy atom. The number of hydrogen-bond acceptors (Lipinski definition) is 1. The van der Waals surface area contributed by atoms with Crippen LogP contribution in [0.15, 0.2) is 127 Å². The molecule has 5 aromatic rings. The van der Waals surface area contributed by atoms with Crippen molar-refractivity contribution in [2.24, 2.45) is 0 Å². The molecule has 0 atom stereocenters. The summed E-state index contributed by atoms with van der Waals surface area (Å²) in [6.45, 7) is 0. The van der Waals surface area contributed by atoms with Crippen LogP contribution < -0.4 is 0 Å². The van der Waals surface area contributed by atoms with E-state index in [1.165, 1.54) is 0 Å². The molecule has 31 heavy (non-hydrogen) atoms. The molecule has 1 nitrogen and oxygen atoms in total. The number of phenols is 1. The molecule has 0 heterocycles. The zero-order valence-corrected chi connectivity index (χ0v) is 17.1. The fraction of sp³-hybridized carbons (Fsp3) is 0. The van der Waals surface area contributed by atoms with Gasteiger partial charge in [0.2, 0.25) is 0 Å². The van der Waals surface area contributed by atoms with Gasteiger partial charge in [-0.1, -0.05) is 121 Å². The lowest BCUT2D eigenvalue weighted by molar-refractivity contribution is 0.480. The van der Waals surface area contributed by atoms with E-state index in [1.807, 2.05) is 72.8 Å². The summed E-state index contributed by atoms with van der Waals surface area (Å²) in [7, 11) is 0. The molecule has 0 saturated carbocycles. The Balaban J connectivity index is 1.91. The third-order valence-corrected chi connectivity index (χ3v) is 5.60. The lowest BCUT2D eigenvalue weighted by Gasteiger charge is -2.20. The molecule has 0 spiro atoms. The third kappa shape index (κ3) is 3.62. The quantitative estimate of drug-likeness (QED) is 0.324. The second kappa shape index (κ2) is 8.33. The number of benzene rings is 5. The minimum absolute atomic E-state index is 0.303. The van der Waals surface area contributed by atoms with Gasteiger partial charge in [0.25, 0.3) is 0 Å². The SMILES string of the molecule is Oc1c(-c2ccccc2)c(-c2ccccc2)cc(-c2ccccc2)c1-c1ccccc1. The van der Waals surface area contributed by atoms with Gasteiger partial charge in [0.05, 0.1) is 0 Å². The molecule has 5 aromatic carbocycles. The van der Waals surface area contributed by atoms with Gasteiger partial charge in [-0.25, -0.2) is 0 Å². The number of aromatic hydroxyl groups is 1. The van der Waals surface area contributed by atoms with Crippen molar-refractivity contribution < 1.29 is 5.11 Å². The monoisotopic (exact) mass is 398 g/mol. The summed E-state index contributed by atoms with van der Waals surface area (Å²) >= 11 is 0. The Kier molecular flexibility index (Phi) is 5.08. The third-order valence-electron chi connectivity index (χ3n) is 5.60. The first-order valence-electron chi connectivity index (χ1n) is 10.4. The molecule has 0 bridgehead atoms. The standard InChI is InChI=1S/C30H22O/c31-30-28(24-17-9-3-10-18-24)26(22-13-5-1-6-14-22)21-27(23-15-7-2-8-16-23)29(30)25-19-11-4-12-20-25/h1-21,31H. The Morgan fingerprint density at radius 2 is 0.645 bits per heavy atom. The summed E-state index contributed by atoms with van der Waals surface area (Å²) in [6.07, 6.45) is 0. The van der Waals surface area contributed by atoms with Crippen LogP contribution in [-0.4, -0.2) is 5.11 Å². The minimum atomic E-state index is 0.303. The topological polar surface area (TPSA) is 20.2 Å². The van der Waals surface area contributed by atoms with E-state index in [2.05, 4.69) is 54.6 Å². The molecule has 148 valence electrons. The lowest BCUT2D eigenvalue weighted by Crippen LogP contribution is -1.94. The van der Waals surface area contributed by atoms with Crippen molar-refractivity contribution in [1.82, 2.24) is 0 Å². The maximum atomic E-state index is 11.8. The van der Waals surface area contributed by atoms with Crippen LogP contribution in [0.3, 0.4) is 0 Å². The average Bonchev–Trinajstić information content (AvgIpc) is 2.85. The highest BCUT2D eigenvalue weighted by Crippen LogP contribution is 2.49. The van der Waals surface area contributed by atoms with Crippen molar-refractivity contribution in [3.63, 3.8) is 0 Å². The van der Waals surface area contributed by atoms with Crippen molar-refractivity contribution in [3.8, 4) is 50.3 Å². The highest BCUT2D eigenvalue weighted by molar-refractivity contribution is 6.00. The van der Waals surface area contributed by atoms with Crippen LogP contribution in [0, 0.1) is 0 Å². The van der Waals surface area contributed by atoms with Gasteiger partial charge in [0, 0.05) is 11.1 Å². The summed E-state index contributed by atoms with van der Waals surface area (Å²) < 4.78 is 0. The molecular weight excluding hydrogens is 376 g/mol. The minimum Gasteiger partial charge on any atom is -0.507 e. The Morgan fingerprint density at radius 1 is 0.355 bits per heavy atom. The maximum absolute atomic E-state index is 11.8. The molecule has 0 amide bonds. The van der Waals surface area contributed by atoms with E-state index in [9.17, 15) is 5.11 Å². The van der Waals surface area contributed by atoms with Crippen LogP contribution in [0.4, 0.5) is 0 Å². The number of rotatable bonds is 4. The second-order valence-electron chi connectivity index (χ2n) is 7.53. The summed E-state index contributed by atoms with van der Waals surface area (Å²) in [4.78, 5) is 0. The van der Waals surface area contributed by atoms with Crippen LogP contribution in [0.5, 0.6) is 5.75 Å². The van der Waals surface area contributed by atoms with E-state index in [0.29, 0.717) is 5.75 Å². The molecule has 0 fully saturated rings. The molecule has 5 rings (SSSR count). The molecule has 0 aromatic heterocycles. The number of hydrogen-bond donors (Lipinski definition) is 1. The summed E-state index contributed by atoms with van der Waals surface area (Å²) in [6, 6.07) is 43.0. The largest absolute Gasteiger partial charge is 0.507 e. The normalized spacial score (nSPS) is 10.7. The second-order valence-corrected chi connectivity index (χ2v) is 7.53. The van der Waals surface area contributed by atoms with Crippen LogP contribution in [0.25, 0.3) is 44.5 Å². The van der Waals surface area contributed by atoms with Crippen molar-refractivity contribution in [2.45, 2.75) is 0 Å². The molecular formula is C30H22O. The molecule has 0 radical (unpaired) electrons. The maximum Gasteiger partial charge on any atom is 0.132 e. The fourth-order valence-corrected chi connectivity index (χ4v) is 4.15. The van der Waals surface area contributed by atoms with Crippen LogP contribution >= 0.6 is 0 Å². The van der Waals surface area contributed by atoms with E-state index < -0.39 is 0 Å². The van der Waals surface area contributed by atoms with Crippen molar-refractivity contribution in [2.75, 3.05) is 0 Å². The van der Waals surface area contributed by atoms with E-state index in [-0.39, 0.29) is 0 Å². The molecule has 1 heteroatoms. The Bertz CT molecular complexity index is 1190. The van der Waals surface area contributed by atoms with Gasteiger partial charge >= 0.3 is 0 Å². The van der Waals surface area contributed by atoms with Gasteiger partial charge in [0.15, 0.2) is 0 Å². The van der Waals surface area contributed by atoms with Gasteiger partial charge in [-0.05, 0) is 39.4 Å². The predicted octanol–water partition coefficient (Wildman–Crippen LogP) is 8.06. The van der Waals surface area contributed by atoms with Crippen molar-refractivity contribution in [3.05, 3.63) is 127 Å². The summed E-state index contributed by atoms with van der Waals surface area (Å²) in [5, 5.41) is 11.8. The van der Waals surface area contributed by atoms with E-state index in [1.54, 1.807) is 0 Å². The fourth-order valence-electron chi connectivity index (χ4n) is 4.15.